The average Bonchev–Trinajstić information content (AvgIpc) is 2.42. The van der Waals surface area contributed by atoms with Gasteiger partial charge in [-0.1, -0.05) is 59.6 Å². The number of nitrogens with two attached hydrogens (primary N) is 1. The normalized spacial score (nSPS) is 13.9. The zero-order valence-electron chi connectivity index (χ0n) is 10.4. The highest BCUT2D eigenvalue weighted by Gasteiger charge is 2.32. The zero-order valence-corrected chi connectivity index (χ0v) is 11.9. The first kappa shape index (κ1) is 14.1. The lowest BCUT2D eigenvalue weighted by Gasteiger charge is -2.24. The molecule has 4 heteroatoms. The van der Waals surface area contributed by atoms with Crippen LogP contribution in [0, 0.1) is 0 Å². The predicted molar refractivity (Wildman–Crippen MR) is 78.8 cm³/mol. The minimum Gasteiger partial charge on any atom is -0.315 e. The molecule has 2 aromatic rings. The largest absolute Gasteiger partial charge is 0.315 e. The van der Waals surface area contributed by atoms with Crippen LogP contribution >= 0.6 is 23.2 Å². The molecule has 0 saturated carbocycles. The first-order valence-electron chi connectivity index (χ1n) is 5.78. The molecule has 0 spiro atoms. The Morgan fingerprint density at radius 3 is 2.32 bits per heavy atom. The van der Waals surface area contributed by atoms with Crippen LogP contribution in [0.4, 0.5) is 0 Å². The molecule has 2 aromatic carbocycles. The van der Waals surface area contributed by atoms with Crippen LogP contribution in [0.2, 0.25) is 10.0 Å². The molecule has 0 bridgehead atoms. The van der Waals surface area contributed by atoms with Crippen LogP contribution in [-0.2, 0) is 5.54 Å². The highest BCUT2D eigenvalue weighted by molar-refractivity contribution is 6.44. The van der Waals surface area contributed by atoms with Gasteiger partial charge in [-0.15, -0.1) is 0 Å². The summed E-state index contributed by atoms with van der Waals surface area (Å²) < 4.78 is 0. The molecule has 0 aliphatic rings. The van der Waals surface area contributed by atoms with Gasteiger partial charge in [-0.3, -0.25) is 4.79 Å². The molecule has 19 heavy (non-hydrogen) atoms. The smallest absolute Gasteiger partial charge is 0.188 e. The highest BCUT2D eigenvalue weighted by atomic mass is 35.5. The fraction of sp³-hybridized carbons (Fsp3) is 0.133. The van der Waals surface area contributed by atoms with Gasteiger partial charge in [0.15, 0.2) is 5.78 Å². The summed E-state index contributed by atoms with van der Waals surface area (Å²) in [4.78, 5) is 12.6. The van der Waals surface area contributed by atoms with Crippen molar-refractivity contribution in [2.45, 2.75) is 12.5 Å². The quantitative estimate of drug-likeness (QED) is 0.868. The fourth-order valence-electron chi connectivity index (χ4n) is 1.87. The van der Waals surface area contributed by atoms with Crippen molar-refractivity contribution in [3.8, 4) is 0 Å². The molecule has 0 fully saturated rings. The number of hydrogen-bond donors (Lipinski definition) is 1. The molecule has 0 aromatic heterocycles. The Morgan fingerprint density at radius 1 is 1.05 bits per heavy atom. The van der Waals surface area contributed by atoms with Gasteiger partial charge in [0, 0.05) is 5.56 Å². The second kappa shape index (κ2) is 5.33. The van der Waals surface area contributed by atoms with Gasteiger partial charge in [-0.05, 0) is 24.6 Å². The Hall–Kier alpha value is -1.35. The summed E-state index contributed by atoms with van der Waals surface area (Å²) in [6, 6.07) is 14.1. The molecule has 0 saturated heterocycles. The Kier molecular flexibility index (Phi) is 3.95. The van der Waals surface area contributed by atoms with Crippen molar-refractivity contribution in [3.63, 3.8) is 0 Å². The Morgan fingerprint density at radius 2 is 1.68 bits per heavy atom. The van der Waals surface area contributed by atoms with E-state index < -0.39 is 5.54 Å². The summed E-state index contributed by atoms with van der Waals surface area (Å²) in [6.45, 7) is 1.67. The van der Waals surface area contributed by atoms with E-state index in [0.717, 1.165) is 5.56 Å². The summed E-state index contributed by atoms with van der Waals surface area (Å²) >= 11 is 12.0. The highest BCUT2D eigenvalue weighted by Crippen LogP contribution is 2.30. The van der Waals surface area contributed by atoms with Gasteiger partial charge in [0.2, 0.25) is 0 Å². The van der Waals surface area contributed by atoms with E-state index in [2.05, 4.69) is 0 Å². The lowest BCUT2D eigenvalue weighted by atomic mass is 9.85. The van der Waals surface area contributed by atoms with Gasteiger partial charge < -0.3 is 5.73 Å². The topological polar surface area (TPSA) is 43.1 Å². The third-order valence-corrected chi connectivity index (χ3v) is 3.86. The summed E-state index contributed by atoms with van der Waals surface area (Å²) in [5.41, 5.74) is 6.11. The van der Waals surface area contributed by atoms with Crippen molar-refractivity contribution in [1.29, 1.82) is 0 Å². The van der Waals surface area contributed by atoms with Crippen molar-refractivity contribution in [2.75, 3.05) is 0 Å². The monoisotopic (exact) mass is 293 g/mol. The molecule has 0 heterocycles. The molecule has 2 N–H and O–H groups in total. The molecular formula is C15H13Cl2NO. The van der Waals surface area contributed by atoms with Gasteiger partial charge in [0.05, 0.1) is 10.0 Å². The Bertz CT molecular complexity index is 609. The number of rotatable bonds is 3. The van der Waals surface area contributed by atoms with Gasteiger partial charge in [0.25, 0.3) is 0 Å². The van der Waals surface area contributed by atoms with Gasteiger partial charge >= 0.3 is 0 Å². The summed E-state index contributed by atoms with van der Waals surface area (Å²) in [7, 11) is 0. The van der Waals surface area contributed by atoms with E-state index >= 15 is 0 Å². The fourth-order valence-corrected chi connectivity index (χ4v) is 2.26. The maximum absolute atomic E-state index is 12.6. The average molecular weight is 294 g/mol. The lowest BCUT2D eigenvalue weighted by molar-refractivity contribution is 0.0900. The van der Waals surface area contributed by atoms with Crippen LogP contribution < -0.4 is 5.73 Å². The van der Waals surface area contributed by atoms with E-state index in [1.807, 2.05) is 30.3 Å². The standard InChI is InChI=1S/C15H13Cl2NO/c1-15(18,10-6-3-2-4-7-10)14(19)11-8-5-9-12(16)13(11)17/h2-9H,18H2,1H3. The van der Waals surface area contributed by atoms with Crippen molar-refractivity contribution < 1.29 is 4.79 Å². The number of carbonyl (C=O) groups is 1. The van der Waals surface area contributed by atoms with Crippen LogP contribution in [0.25, 0.3) is 0 Å². The molecular weight excluding hydrogens is 281 g/mol. The third-order valence-electron chi connectivity index (χ3n) is 3.04. The van der Waals surface area contributed by atoms with Crippen molar-refractivity contribution in [2.24, 2.45) is 5.73 Å². The van der Waals surface area contributed by atoms with Crippen LogP contribution in [0.15, 0.2) is 48.5 Å². The molecule has 0 aliphatic carbocycles. The number of ketones is 1. The van der Waals surface area contributed by atoms with Gasteiger partial charge in [-0.2, -0.15) is 0 Å². The molecule has 1 atom stereocenters. The predicted octanol–water partition coefficient (Wildman–Crippen LogP) is 4.05. The first-order valence-corrected chi connectivity index (χ1v) is 6.53. The van der Waals surface area contributed by atoms with Crippen LogP contribution in [-0.4, -0.2) is 5.78 Å². The van der Waals surface area contributed by atoms with Gasteiger partial charge in [0.1, 0.15) is 5.54 Å². The summed E-state index contributed by atoms with van der Waals surface area (Å²) in [6.07, 6.45) is 0. The van der Waals surface area contributed by atoms with Crippen LogP contribution in [0.1, 0.15) is 22.8 Å². The molecule has 0 amide bonds. The maximum Gasteiger partial charge on any atom is 0.188 e. The second-order valence-corrected chi connectivity index (χ2v) is 5.28. The lowest BCUT2D eigenvalue weighted by Crippen LogP contribution is -2.42. The van der Waals surface area contributed by atoms with Gasteiger partial charge in [-0.25, -0.2) is 0 Å². The molecule has 2 nitrogen and oxygen atoms in total. The third kappa shape index (κ3) is 2.66. The number of Topliss-reactive ketones (excluding diaryl/α,β-unsaturated/α-hetero) is 1. The Balaban J connectivity index is 2.47. The Labute approximate surface area is 122 Å². The second-order valence-electron chi connectivity index (χ2n) is 4.50. The molecule has 0 aliphatic heterocycles. The molecule has 2 rings (SSSR count). The molecule has 98 valence electrons. The molecule has 0 radical (unpaired) electrons. The summed E-state index contributed by atoms with van der Waals surface area (Å²) in [5.74, 6) is -0.258. The first-order chi connectivity index (χ1) is 8.94. The minimum atomic E-state index is -1.14. The van der Waals surface area contributed by atoms with E-state index in [1.165, 1.54) is 0 Å². The van der Waals surface area contributed by atoms with E-state index in [-0.39, 0.29) is 10.8 Å². The van der Waals surface area contributed by atoms with E-state index in [9.17, 15) is 4.79 Å². The van der Waals surface area contributed by atoms with Crippen LogP contribution in [0.3, 0.4) is 0 Å². The van der Waals surface area contributed by atoms with Crippen molar-refractivity contribution >= 4 is 29.0 Å². The SMILES string of the molecule is CC(N)(C(=O)c1cccc(Cl)c1Cl)c1ccccc1. The number of carbonyl (C=O) groups excluding carboxylic acids is 1. The van der Waals surface area contributed by atoms with E-state index in [0.29, 0.717) is 10.6 Å². The summed E-state index contributed by atoms with van der Waals surface area (Å²) in [5, 5.41) is 0.582. The van der Waals surface area contributed by atoms with E-state index in [4.69, 9.17) is 28.9 Å². The van der Waals surface area contributed by atoms with Crippen molar-refractivity contribution in [3.05, 3.63) is 69.7 Å². The molecule has 1 unspecified atom stereocenters. The number of halogens is 2. The van der Waals surface area contributed by atoms with Crippen LogP contribution in [0.5, 0.6) is 0 Å². The van der Waals surface area contributed by atoms with E-state index in [1.54, 1.807) is 25.1 Å². The zero-order chi connectivity index (χ0) is 14.0. The minimum absolute atomic E-state index is 0.238. The maximum atomic E-state index is 12.6. The number of hydrogen-bond acceptors (Lipinski definition) is 2. The van der Waals surface area contributed by atoms with Crippen molar-refractivity contribution in [1.82, 2.24) is 0 Å². The number of benzene rings is 2.